The number of rotatable bonds is 3. The number of hydrogen-bond donors (Lipinski definition) is 0. The largest absolute Gasteiger partial charge is 0.493 e. The molecule has 1 aliphatic heterocycles. The van der Waals surface area contributed by atoms with Gasteiger partial charge in [-0.15, -0.1) is 0 Å². The number of ether oxygens (including phenoxy) is 2. The highest BCUT2D eigenvalue weighted by atomic mass is 16.5. The Hall–Kier alpha value is -3.15. The van der Waals surface area contributed by atoms with Crippen molar-refractivity contribution in [3.63, 3.8) is 0 Å². The molecule has 6 heteroatoms. The van der Waals surface area contributed by atoms with Crippen LogP contribution in [0.4, 0.5) is 0 Å². The Morgan fingerprint density at radius 2 is 1.77 bits per heavy atom. The van der Waals surface area contributed by atoms with Crippen LogP contribution in [0.1, 0.15) is 11.1 Å². The van der Waals surface area contributed by atoms with Gasteiger partial charge in [-0.1, -0.05) is 12.1 Å². The molecule has 0 unspecified atom stereocenters. The molecule has 0 saturated carbocycles. The Bertz CT molecular complexity index is 1100. The number of aliphatic imine (C=N–C) groups is 1. The van der Waals surface area contributed by atoms with Crippen molar-refractivity contribution in [1.82, 2.24) is 9.78 Å². The highest BCUT2D eigenvalue weighted by Crippen LogP contribution is 2.35. The highest BCUT2D eigenvalue weighted by Gasteiger charge is 2.17. The van der Waals surface area contributed by atoms with Crippen LogP contribution in [-0.2, 0) is 13.5 Å². The van der Waals surface area contributed by atoms with E-state index >= 15 is 0 Å². The van der Waals surface area contributed by atoms with Gasteiger partial charge in [0.05, 0.1) is 25.3 Å². The van der Waals surface area contributed by atoms with E-state index < -0.39 is 0 Å². The van der Waals surface area contributed by atoms with E-state index in [9.17, 15) is 4.79 Å². The fourth-order valence-corrected chi connectivity index (χ4v) is 3.33. The van der Waals surface area contributed by atoms with Crippen LogP contribution in [-0.4, -0.2) is 36.8 Å². The standard InChI is InChI=1S/C20H19N3O3/c1-23-20(24)16-10-18(26-3)17(25-2)9-15(16)19(22-23)13-4-5-14-11-21-7-6-12(14)8-13/h4-5,8-11H,6-7H2,1-3H3. The summed E-state index contributed by atoms with van der Waals surface area (Å²) >= 11 is 0. The van der Waals surface area contributed by atoms with Crippen molar-refractivity contribution in [2.75, 3.05) is 20.8 Å². The molecule has 0 atom stereocenters. The smallest absolute Gasteiger partial charge is 0.274 e. The molecule has 0 N–H and O–H groups in total. The molecule has 2 heterocycles. The van der Waals surface area contributed by atoms with Crippen LogP contribution in [0, 0.1) is 0 Å². The van der Waals surface area contributed by atoms with Crippen LogP contribution in [0.25, 0.3) is 22.0 Å². The third kappa shape index (κ3) is 2.54. The lowest BCUT2D eigenvalue weighted by atomic mass is 9.97. The molecule has 1 aromatic heterocycles. The summed E-state index contributed by atoms with van der Waals surface area (Å²) in [6.07, 6.45) is 2.81. The summed E-state index contributed by atoms with van der Waals surface area (Å²) < 4.78 is 12.1. The average Bonchev–Trinajstić information content (AvgIpc) is 2.69. The second-order valence-corrected chi connectivity index (χ2v) is 6.23. The monoisotopic (exact) mass is 349 g/mol. The van der Waals surface area contributed by atoms with Crippen LogP contribution in [0.3, 0.4) is 0 Å². The molecule has 132 valence electrons. The first kappa shape index (κ1) is 16.3. The van der Waals surface area contributed by atoms with Crippen molar-refractivity contribution < 1.29 is 9.47 Å². The van der Waals surface area contributed by atoms with Gasteiger partial charge in [-0.05, 0) is 35.7 Å². The topological polar surface area (TPSA) is 65.7 Å². The molecule has 0 spiro atoms. The van der Waals surface area contributed by atoms with E-state index in [2.05, 4.69) is 16.2 Å². The SMILES string of the molecule is COc1cc2c(-c3ccc4c(c3)CCN=C4)nn(C)c(=O)c2cc1OC. The van der Waals surface area contributed by atoms with Crippen molar-refractivity contribution in [3.05, 3.63) is 51.8 Å². The fraction of sp³-hybridized carbons (Fsp3) is 0.250. The maximum absolute atomic E-state index is 12.6. The van der Waals surface area contributed by atoms with Gasteiger partial charge in [-0.3, -0.25) is 9.79 Å². The van der Waals surface area contributed by atoms with Crippen molar-refractivity contribution in [2.45, 2.75) is 6.42 Å². The van der Waals surface area contributed by atoms with E-state index in [0.717, 1.165) is 35.2 Å². The highest BCUT2D eigenvalue weighted by molar-refractivity contribution is 5.96. The third-order valence-corrected chi connectivity index (χ3v) is 4.71. The molecule has 0 amide bonds. The van der Waals surface area contributed by atoms with Crippen LogP contribution in [0.15, 0.2) is 40.1 Å². The number of hydrogen-bond acceptors (Lipinski definition) is 5. The van der Waals surface area contributed by atoms with Crippen molar-refractivity contribution in [2.24, 2.45) is 12.0 Å². The minimum Gasteiger partial charge on any atom is -0.493 e. The summed E-state index contributed by atoms with van der Waals surface area (Å²) in [5.74, 6) is 1.09. The summed E-state index contributed by atoms with van der Waals surface area (Å²) in [4.78, 5) is 16.9. The third-order valence-electron chi connectivity index (χ3n) is 4.71. The lowest BCUT2D eigenvalue weighted by molar-refractivity contribution is 0.356. The number of aryl methyl sites for hydroxylation is 1. The molecule has 2 aromatic carbocycles. The van der Waals surface area contributed by atoms with Crippen LogP contribution in [0.2, 0.25) is 0 Å². The maximum Gasteiger partial charge on any atom is 0.274 e. The second-order valence-electron chi connectivity index (χ2n) is 6.23. The predicted octanol–water partition coefficient (Wildman–Crippen LogP) is 2.59. The summed E-state index contributed by atoms with van der Waals surface area (Å²) in [5.41, 5.74) is 3.91. The Morgan fingerprint density at radius 3 is 2.50 bits per heavy atom. The van der Waals surface area contributed by atoms with Gasteiger partial charge in [0, 0.05) is 30.8 Å². The summed E-state index contributed by atoms with van der Waals surface area (Å²) in [6, 6.07) is 9.72. The van der Waals surface area contributed by atoms with Gasteiger partial charge in [-0.25, -0.2) is 4.68 Å². The van der Waals surface area contributed by atoms with E-state index in [-0.39, 0.29) is 5.56 Å². The molecule has 0 aliphatic carbocycles. The van der Waals surface area contributed by atoms with Gasteiger partial charge in [0.15, 0.2) is 11.5 Å². The Labute approximate surface area is 150 Å². The molecule has 1 aliphatic rings. The van der Waals surface area contributed by atoms with Gasteiger partial charge in [0.1, 0.15) is 0 Å². The minimum absolute atomic E-state index is 0.171. The first-order valence-corrected chi connectivity index (χ1v) is 8.38. The molecule has 6 nitrogen and oxygen atoms in total. The van der Waals surface area contributed by atoms with Gasteiger partial charge < -0.3 is 9.47 Å². The van der Waals surface area contributed by atoms with E-state index in [4.69, 9.17) is 9.47 Å². The van der Waals surface area contributed by atoms with Crippen LogP contribution < -0.4 is 15.0 Å². The molecule has 3 aromatic rings. The maximum atomic E-state index is 12.6. The number of fused-ring (bicyclic) bond motifs is 2. The molecule has 0 radical (unpaired) electrons. The predicted molar refractivity (Wildman–Crippen MR) is 102 cm³/mol. The quantitative estimate of drug-likeness (QED) is 0.729. The zero-order chi connectivity index (χ0) is 18.3. The molecule has 4 rings (SSSR count). The minimum atomic E-state index is -0.171. The second kappa shape index (κ2) is 6.29. The van der Waals surface area contributed by atoms with Crippen molar-refractivity contribution in [1.29, 1.82) is 0 Å². The molecule has 0 saturated heterocycles. The lowest BCUT2D eigenvalue weighted by Gasteiger charge is -2.15. The van der Waals surface area contributed by atoms with E-state index in [0.29, 0.717) is 16.9 Å². The molecule has 26 heavy (non-hydrogen) atoms. The number of aromatic nitrogens is 2. The van der Waals surface area contributed by atoms with E-state index in [1.807, 2.05) is 24.4 Å². The fourth-order valence-electron chi connectivity index (χ4n) is 3.33. The molecule has 0 bridgehead atoms. The summed E-state index contributed by atoms with van der Waals surface area (Å²) in [7, 11) is 4.80. The number of nitrogens with zero attached hydrogens (tertiary/aromatic N) is 3. The van der Waals surface area contributed by atoms with Gasteiger partial charge >= 0.3 is 0 Å². The lowest BCUT2D eigenvalue weighted by Crippen LogP contribution is -2.20. The first-order valence-electron chi connectivity index (χ1n) is 8.38. The zero-order valence-corrected chi connectivity index (χ0v) is 14.9. The van der Waals surface area contributed by atoms with Crippen LogP contribution in [0.5, 0.6) is 11.5 Å². The molecular formula is C20H19N3O3. The van der Waals surface area contributed by atoms with E-state index in [1.54, 1.807) is 27.3 Å². The summed E-state index contributed by atoms with van der Waals surface area (Å²) in [6.45, 7) is 0.795. The van der Waals surface area contributed by atoms with Gasteiger partial charge in [-0.2, -0.15) is 5.10 Å². The molecule has 0 fully saturated rings. The van der Waals surface area contributed by atoms with Gasteiger partial charge in [0.25, 0.3) is 5.56 Å². The van der Waals surface area contributed by atoms with Crippen LogP contribution >= 0.6 is 0 Å². The Kier molecular flexibility index (Phi) is 3.95. The van der Waals surface area contributed by atoms with E-state index in [1.165, 1.54) is 10.2 Å². The Balaban J connectivity index is 2.02. The Morgan fingerprint density at radius 1 is 1.04 bits per heavy atom. The summed E-state index contributed by atoms with van der Waals surface area (Å²) in [5, 5.41) is 5.82. The molecular weight excluding hydrogens is 330 g/mol. The number of methoxy groups -OCH3 is 2. The van der Waals surface area contributed by atoms with Crippen molar-refractivity contribution >= 4 is 17.0 Å². The zero-order valence-electron chi connectivity index (χ0n) is 14.9. The first-order chi connectivity index (χ1) is 12.6. The normalized spacial score (nSPS) is 12.9. The van der Waals surface area contributed by atoms with Crippen molar-refractivity contribution in [3.8, 4) is 22.8 Å². The average molecular weight is 349 g/mol. The number of benzene rings is 2. The van der Waals surface area contributed by atoms with Gasteiger partial charge in [0.2, 0.25) is 0 Å².